The highest BCUT2D eigenvalue weighted by Crippen LogP contribution is 2.10. The number of nitrogens with two attached hydrogens (primary N) is 1. The number of anilines is 1. The van der Waals surface area contributed by atoms with Crippen LogP contribution in [0, 0.1) is 5.95 Å². The summed E-state index contributed by atoms with van der Waals surface area (Å²) >= 11 is 0. The number of ether oxygens (including phenoxy) is 1. The molecule has 92 valence electrons. The molecule has 2 rings (SSSR count). The lowest BCUT2D eigenvalue weighted by atomic mass is 10.2. The number of nitrogens with zero attached hydrogens (tertiary/aromatic N) is 1. The van der Waals surface area contributed by atoms with Crippen molar-refractivity contribution in [1.82, 2.24) is 4.98 Å². The van der Waals surface area contributed by atoms with Crippen LogP contribution in [0.1, 0.15) is 15.9 Å². The number of halogens is 1. The minimum atomic E-state index is -0.923. The van der Waals surface area contributed by atoms with Gasteiger partial charge in [0.15, 0.2) is 0 Å². The zero-order valence-corrected chi connectivity index (χ0v) is 9.47. The van der Waals surface area contributed by atoms with Crippen molar-refractivity contribution >= 4 is 11.8 Å². The Morgan fingerprint density at radius 1 is 1.22 bits per heavy atom. The molecule has 0 atom stereocenters. The van der Waals surface area contributed by atoms with E-state index in [1.54, 1.807) is 0 Å². The summed E-state index contributed by atoms with van der Waals surface area (Å²) in [6, 6.07) is 11.7. The van der Waals surface area contributed by atoms with Gasteiger partial charge in [0.2, 0.25) is 5.95 Å². The van der Waals surface area contributed by atoms with Gasteiger partial charge in [0, 0.05) is 0 Å². The van der Waals surface area contributed by atoms with Crippen LogP contribution < -0.4 is 5.73 Å². The molecule has 0 aliphatic rings. The van der Waals surface area contributed by atoms with E-state index in [9.17, 15) is 9.18 Å². The van der Waals surface area contributed by atoms with E-state index in [1.165, 1.54) is 12.1 Å². The fourth-order valence-corrected chi connectivity index (χ4v) is 1.40. The highest BCUT2D eigenvalue weighted by molar-refractivity contribution is 5.89. The Morgan fingerprint density at radius 3 is 2.61 bits per heavy atom. The van der Waals surface area contributed by atoms with Gasteiger partial charge in [-0.1, -0.05) is 30.3 Å². The first kappa shape index (κ1) is 12.0. The molecule has 2 aromatic rings. The van der Waals surface area contributed by atoms with Gasteiger partial charge < -0.3 is 10.5 Å². The van der Waals surface area contributed by atoms with E-state index in [0.29, 0.717) is 0 Å². The predicted octanol–water partition coefficient (Wildman–Crippen LogP) is 2.16. The summed E-state index contributed by atoms with van der Waals surface area (Å²) in [4.78, 5) is 15.0. The summed E-state index contributed by atoms with van der Waals surface area (Å²) in [7, 11) is 0. The van der Waals surface area contributed by atoms with Gasteiger partial charge >= 0.3 is 5.97 Å². The van der Waals surface area contributed by atoms with Crippen LogP contribution >= 0.6 is 0 Å². The van der Waals surface area contributed by atoms with Crippen LogP contribution in [0.5, 0.6) is 0 Å². The van der Waals surface area contributed by atoms with E-state index in [-0.39, 0.29) is 18.0 Å². The van der Waals surface area contributed by atoms with Crippen LogP contribution in [0.4, 0.5) is 10.2 Å². The minimum absolute atomic E-state index is 0.0205. The first-order valence-corrected chi connectivity index (χ1v) is 5.30. The van der Waals surface area contributed by atoms with Crippen LogP contribution in [-0.4, -0.2) is 11.0 Å². The molecule has 0 radical (unpaired) electrons. The number of esters is 1. The van der Waals surface area contributed by atoms with Crippen molar-refractivity contribution < 1.29 is 13.9 Å². The third-order valence-corrected chi connectivity index (χ3v) is 2.30. The van der Waals surface area contributed by atoms with Crippen LogP contribution in [0.25, 0.3) is 0 Å². The topological polar surface area (TPSA) is 65.2 Å². The number of benzene rings is 1. The number of nitrogen functional groups attached to an aromatic ring is 1. The fourth-order valence-electron chi connectivity index (χ4n) is 1.40. The van der Waals surface area contributed by atoms with E-state index in [2.05, 4.69) is 4.98 Å². The predicted molar refractivity (Wildman–Crippen MR) is 64.2 cm³/mol. The largest absolute Gasteiger partial charge is 0.457 e. The van der Waals surface area contributed by atoms with E-state index in [0.717, 1.165) is 5.56 Å². The molecule has 0 bridgehead atoms. The molecule has 18 heavy (non-hydrogen) atoms. The molecule has 4 nitrogen and oxygen atoms in total. The van der Waals surface area contributed by atoms with Crippen molar-refractivity contribution in [2.24, 2.45) is 0 Å². The number of carbonyl (C=O) groups is 1. The van der Waals surface area contributed by atoms with Gasteiger partial charge in [0.25, 0.3) is 0 Å². The first-order chi connectivity index (χ1) is 8.66. The molecule has 0 aliphatic heterocycles. The second-order valence-electron chi connectivity index (χ2n) is 3.64. The van der Waals surface area contributed by atoms with Gasteiger partial charge in [-0.2, -0.15) is 4.39 Å². The van der Waals surface area contributed by atoms with Crippen LogP contribution in [0.2, 0.25) is 0 Å². The maximum Gasteiger partial charge on any atom is 0.343 e. The molecular weight excluding hydrogens is 235 g/mol. The lowest BCUT2D eigenvalue weighted by Gasteiger charge is -2.05. The van der Waals surface area contributed by atoms with Crippen LogP contribution in [0.15, 0.2) is 42.5 Å². The lowest BCUT2D eigenvalue weighted by Crippen LogP contribution is -2.09. The molecule has 1 heterocycles. The van der Waals surface area contributed by atoms with Gasteiger partial charge in [0.05, 0.1) is 0 Å². The molecular formula is C13H11FN2O2. The third-order valence-electron chi connectivity index (χ3n) is 2.30. The van der Waals surface area contributed by atoms with Crippen molar-refractivity contribution in [3.8, 4) is 0 Å². The molecule has 0 fully saturated rings. The maximum atomic E-state index is 13.3. The number of hydrogen-bond acceptors (Lipinski definition) is 4. The molecule has 0 unspecified atom stereocenters. The number of carbonyl (C=O) groups excluding carboxylic acids is 1. The Bertz CT molecular complexity index is 558. The van der Waals surface area contributed by atoms with Gasteiger partial charge in [-0.15, -0.1) is 0 Å². The van der Waals surface area contributed by atoms with E-state index < -0.39 is 11.9 Å². The van der Waals surface area contributed by atoms with Gasteiger partial charge in [-0.3, -0.25) is 0 Å². The minimum Gasteiger partial charge on any atom is -0.457 e. The summed E-state index contributed by atoms with van der Waals surface area (Å²) in [5, 5.41) is 0. The Kier molecular flexibility index (Phi) is 3.52. The number of pyridine rings is 1. The van der Waals surface area contributed by atoms with Crippen molar-refractivity contribution in [2.75, 3.05) is 5.73 Å². The first-order valence-electron chi connectivity index (χ1n) is 5.30. The van der Waals surface area contributed by atoms with E-state index in [1.807, 2.05) is 30.3 Å². The summed E-state index contributed by atoms with van der Waals surface area (Å²) in [6.07, 6.45) is 0. The highest BCUT2D eigenvalue weighted by atomic mass is 19.1. The summed E-state index contributed by atoms with van der Waals surface area (Å²) < 4.78 is 18.3. The lowest BCUT2D eigenvalue weighted by molar-refractivity contribution is 0.0466. The fraction of sp³-hybridized carbons (Fsp3) is 0.0769. The SMILES string of the molecule is Nc1ccc(C(=O)OCc2ccccc2)c(F)n1. The molecule has 0 saturated heterocycles. The van der Waals surface area contributed by atoms with Crippen LogP contribution in [-0.2, 0) is 11.3 Å². The zero-order valence-electron chi connectivity index (χ0n) is 9.47. The number of rotatable bonds is 3. The molecule has 0 spiro atoms. The van der Waals surface area contributed by atoms with Gasteiger partial charge in [-0.05, 0) is 17.7 Å². The highest BCUT2D eigenvalue weighted by Gasteiger charge is 2.14. The molecule has 1 aromatic carbocycles. The molecule has 2 N–H and O–H groups in total. The average molecular weight is 246 g/mol. The molecule has 0 amide bonds. The Morgan fingerprint density at radius 2 is 1.94 bits per heavy atom. The molecule has 0 aliphatic carbocycles. The average Bonchev–Trinajstić information content (AvgIpc) is 2.37. The molecule has 1 aromatic heterocycles. The van der Waals surface area contributed by atoms with Gasteiger partial charge in [-0.25, -0.2) is 9.78 Å². The maximum absolute atomic E-state index is 13.3. The third kappa shape index (κ3) is 2.82. The summed E-state index contributed by atoms with van der Waals surface area (Å²) in [5.74, 6) is -1.66. The number of aromatic nitrogens is 1. The Hall–Kier alpha value is -2.43. The van der Waals surface area contributed by atoms with E-state index in [4.69, 9.17) is 10.5 Å². The second-order valence-corrected chi connectivity index (χ2v) is 3.64. The Balaban J connectivity index is 2.04. The zero-order chi connectivity index (χ0) is 13.0. The standard InChI is InChI=1S/C13H11FN2O2/c14-12-10(6-7-11(15)16-12)13(17)18-8-9-4-2-1-3-5-9/h1-7H,8H2,(H2,15,16). The van der Waals surface area contributed by atoms with Crippen molar-refractivity contribution in [2.45, 2.75) is 6.61 Å². The molecule has 0 saturated carbocycles. The summed E-state index contributed by atoms with van der Waals surface area (Å²) in [5.41, 5.74) is 5.90. The number of hydrogen-bond donors (Lipinski definition) is 1. The monoisotopic (exact) mass is 246 g/mol. The van der Waals surface area contributed by atoms with Crippen molar-refractivity contribution in [1.29, 1.82) is 0 Å². The Labute approximate surface area is 103 Å². The van der Waals surface area contributed by atoms with E-state index >= 15 is 0 Å². The van der Waals surface area contributed by atoms with Gasteiger partial charge in [0.1, 0.15) is 18.0 Å². The van der Waals surface area contributed by atoms with Crippen LogP contribution in [0.3, 0.4) is 0 Å². The quantitative estimate of drug-likeness (QED) is 0.665. The molecule has 5 heteroatoms. The normalized spacial score (nSPS) is 10.1. The van der Waals surface area contributed by atoms with Crippen molar-refractivity contribution in [3.63, 3.8) is 0 Å². The second kappa shape index (κ2) is 5.27. The van der Waals surface area contributed by atoms with Crippen molar-refractivity contribution in [3.05, 3.63) is 59.5 Å². The summed E-state index contributed by atoms with van der Waals surface area (Å²) in [6.45, 7) is 0.0868. The smallest absolute Gasteiger partial charge is 0.343 e.